The van der Waals surface area contributed by atoms with Crippen molar-refractivity contribution >= 4 is 54.4 Å². The molecule has 0 atom stereocenters. The van der Waals surface area contributed by atoms with Gasteiger partial charge in [-0.05, 0) is 70.9 Å². The normalized spacial score (nSPS) is 11.7. The summed E-state index contributed by atoms with van der Waals surface area (Å²) in [6.07, 6.45) is 3.74. The number of hydrogen-bond donors (Lipinski definition) is 0. The molecule has 280 valence electrons. The van der Waals surface area contributed by atoms with E-state index in [-0.39, 0.29) is 0 Å². The predicted octanol–water partition coefficient (Wildman–Crippen LogP) is 13.9. The molecular weight excluding hydrogens is 731 g/mol. The summed E-state index contributed by atoms with van der Waals surface area (Å²) in [4.78, 5) is 15.2. The molecule has 4 aromatic heterocycles. The van der Waals surface area contributed by atoms with E-state index in [0.29, 0.717) is 5.82 Å². The van der Waals surface area contributed by atoms with Crippen molar-refractivity contribution < 1.29 is 0 Å². The van der Waals surface area contributed by atoms with Crippen molar-refractivity contribution in [1.82, 2.24) is 24.1 Å². The second kappa shape index (κ2) is 13.8. The third kappa shape index (κ3) is 5.44. The molecule has 0 radical (unpaired) electrons. The first-order valence-electron chi connectivity index (χ1n) is 20.3. The van der Waals surface area contributed by atoms with Crippen molar-refractivity contribution in [2.75, 3.05) is 0 Å². The maximum Gasteiger partial charge on any atom is 0.160 e. The lowest BCUT2D eigenvalue weighted by Gasteiger charge is -2.17. The Morgan fingerprint density at radius 2 is 0.783 bits per heavy atom. The summed E-state index contributed by atoms with van der Waals surface area (Å²) in [5.41, 5.74) is 13.6. The standard InChI is InChI=1S/C55H35N5/c1-2-15-36(16-3-1)55-57-49(34-50(58-55)44-25-13-23-42-41(22-12-24-43(42)44)37-17-14-30-56-35-37)38-31-39(59-51-26-8-4-18-45(51)46-19-5-9-27-52(46)59)33-40(32-38)60-53-28-10-6-20-47(53)48-21-7-11-29-54(48)60/h1-35H. The van der Waals surface area contributed by atoms with Gasteiger partial charge >= 0.3 is 0 Å². The second-order valence-corrected chi connectivity index (χ2v) is 15.3. The molecule has 0 fully saturated rings. The molecule has 0 unspecified atom stereocenters. The van der Waals surface area contributed by atoms with Crippen LogP contribution in [0.4, 0.5) is 0 Å². The smallest absolute Gasteiger partial charge is 0.160 e. The number of aromatic nitrogens is 5. The highest BCUT2D eigenvalue weighted by Crippen LogP contribution is 2.40. The molecule has 0 N–H and O–H groups in total. The number of pyridine rings is 1. The van der Waals surface area contributed by atoms with E-state index in [4.69, 9.17) is 9.97 Å². The van der Waals surface area contributed by atoms with Gasteiger partial charge in [0.25, 0.3) is 0 Å². The molecule has 60 heavy (non-hydrogen) atoms. The summed E-state index contributed by atoms with van der Waals surface area (Å²) in [5, 5.41) is 7.13. The molecule has 0 aliphatic rings. The molecular formula is C55H35N5. The number of para-hydroxylation sites is 4. The van der Waals surface area contributed by atoms with E-state index in [1.54, 1.807) is 0 Å². The molecule has 8 aromatic carbocycles. The van der Waals surface area contributed by atoms with Gasteiger partial charge in [0.15, 0.2) is 5.82 Å². The predicted molar refractivity (Wildman–Crippen MR) is 248 cm³/mol. The number of rotatable bonds is 6. The lowest BCUT2D eigenvalue weighted by Crippen LogP contribution is -2.01. The van der Waals surface area contributed by atoms with Gasteiger partial charge in [-0.25, -0.2) is 9.97 Å². The van der Waals surface area contributed by atoms with E-state index >= 15 is 0 Å². The zero-order valence-corrected chi connectivity index (χ0v) is 32.4. The number of benzene rings is 8. The summed E-state index contributed by atoms with van der Waals surface area (Å²) in [5.74, 6) is 0.671. The molecule has 5 nitrogen and oxygen atoms in total. The van der Waals surface area contributed by atoms with Crippen LogP contribution in [0, 0.1) is 0 Å². The number of hydrogen-bond acceptors (Lipinski definition) is 3. The van der Waals surface area contributed by atoms with Crippen LogP contribution in [0.1, 0.15) is 0 Å². The fourth-order valence-corrected chi connectivity index (χ4v) is 9.16. The minimum Gasteiger partial charge on any atom is -0.309 e. The van der Waals surface area contributed by atoms with Crippen LogP contribution in [-0.4, -0.2) is 24.1 Å². The molecule has 12 rings (SSSR count). The third-order valence-electron chi connectivity index (χ3n) is 11.8. The van der Waals surface area contributed by atoms with E-state index in [9.17, 15) is 0 Å². The highest BCUT2D eigenvalue weighted by molar-refractivity contribution is 6.11. The van der Waals surface area contributed by atoms with Crippen LogP contribution in [0.15, 0.2) is 213 Å². The Hall–Kier alpha value is -8.15. The highest BCUT2D eigenvalue weighted by Gasteiger charge is 2.20. The van der Waals surface area contributed by atoms with Crippen LogP contribution in [0.3, 0.4) is 0 Å². The van der Waals surface area contributed by atoms with Gasteiger partial charge in [-0.3, -0.25) is 4.98 Å². The van der Waals surface area contributed by atoms with Gasteiger partial charge in [0.2, 0.25) is 0 Å². The van der Waals surface area contributed by atoms with Gasteiger partial charge in [0.1, 0.15) is 0 Å². The highest BCUT2D eigenvalue weighted by atomic mass is 15.0. The average molecular weight is 766 g/mol. The van der Waals surface area contributed by atoms with E-state index in [1.165, 1.54) is 21.5 Å². The largest absolute Gasteiger partial charge is 0.309 e. The summed E-state index contributed by atoms with van der Waals surface area (Å²) < 4.78 is 4.80. The molecule has 0 amide bonds. The fourth-order valence-electron chi connectivity index (χ4n) is 9.16. The van der Waals surface area contributed by atoms with Gasteiger partial charge < -0.3 is 9.13 Å². The second-order valence-electron chi connectivity index (χ2n) is 15.3. The average Bonchev–Trinajstić information content (AvgIpc) is 3.85. The van der Waals surface area contributed by atoms with Crippen LogP contribution in [-0.2, 0) is 0 Å². The Morgan fingerprint density at radius 3 is 1.33 bits per heavy atom. The van der Waals surface area contributed by atoms with Crippen LogP contribution >= 0.6 is 0 Å². The number of fused-ring (bicyclic) bond motifs is 7. The Balaban J connectivity index is 1.16. The third-order valence-corrected chi connectivity index (χ3v) is 11.8. The maximum absolute atomic E-state index is 5.40. The van der Waals surface area contributed by atoms with E-state index in [0.717, 1.165) is 83.4 Å². The van der Waals surface area contributed by atoms with Crippen molar-refractivity contribution in [3.05, 3.63) is 213 Å². The summed E-state index contributed by atoms with van der Waals surface area (Å²) in [6.45, 7) is 0. The van der Waals surface area contributed by atoms with Gasteiger partial charge in [-0.1, -0.05) is 146 Å². The van der Waals surface area contributed by atoms with Gasteiger partial charge in [0.05, 0.1) is 33.5 Å². The van der Waals surface area contributed by atoms with Crippen molar-refractivity contribution in [1.29, 1.82) is 0 Å². The lowest BCUT2D eigenvalue weighted by molar-refractivity contribution is 1.13. The van der Waals surface area contributed by atoms with Gasteiger partial charge in [-0.2, -0.15) is 0 Å². The molecule has 5 heteroatoms. The molecule has 12 aromatic rings. The van der Waals surface area contributed by atoms with E-state index in [2.05, 4.69) is 190 Å². The molecule has 0 spiro atoms. The van der Waals surface area contributed by atoms with Crippen molar-refractivity contribution in [3.63, 3.8) is 0 Å². The van der Waals surface area contributed by atoms with Gasteiger partial charge in [-0.15, -0.1) is 0 Å². The monoisotopic (exact) mass is 765 g/mol. The molecule has 0 aliphatic heterocycles. The SMILES string of the molecule is c1ccc(-c2nc(-c3cc(-n4c5ccccc5c5ccccc54)cc(-n4c5ccccc5c5ccccc54)c3)cc(-c3cccc4c(-c5cccnc5)cccc34)n2)cc1. The minimum atomic E-state index is 0.671. The molecule has 0 saturated carbocycles. The first-order valence-corrected chi connectivity index (χ1v) is 20.3. The summed E-state index contributed by atoms with van der Waals surface area (Å²) >= 11 is 0. The Kier molecular flexibility index (Phi) is 7.78. The minimum absolute atomic E-state index is 0.671. The van der Waals surface area contributed by atoms with Crippen molar-refractivity contribution in [2.24, 2.45) is 0 Å². The topological polar surface area (TPSA) is 48.5 Å². The Bertz CT molecular complexity index is 3360. The molecule has 0 aliphatic carbocycles. The Morgan fingerprint density at radius 1 is 0.317 bits per heavy atom. The first kappa shape index (κ1) is 33.9. The van der Waals surface area contributed by atoms with Crippen molar-refractivity contribution in [2.45, 2.75) is 0 Å². The number of nitrogens with zero attached hydrogens (tertiary/aromatic N) is 5. The van der Waals surface area contributed by atoms with Crippen LogP contribution in [0.2, 0.25) is 0 Å². The van der Waals surface area contributed by atoms with Crippen LogP contribution in [0.25, 0.3) is 111 Å². The molecule has 0 bridgehead atoms. The zero-order chi connectivity index (χ0) is 39.6. The van der Waals surface area contributed by atoms with Gasteiger partial charge in [0, 0.05) is 67.6 Å². The van der Waals surface area contributed by atoms with Crippen LogP contribution in [0.5, 0.6) is 0 Å². The van der Waals surface area contributed by atoms with Crippen LogP contribution < -0.4 is 0 Å². The first-order chi connectivity index (χ1) is 29.8. The van der Waals surface area contributed by atoms with E-state index < -0.39 is 0 Å². The maximum atomic E-state index is 5.40. The van der Waals surface area contributed by atoms with Crippen molar-refractivity contribution in [3.8, 4) is 56.4 Å². The summed E-state index contributed by atoms with van der Waals surface area (Å²) in [6, 6.07) is 71.2. The lowest BCUT2D eigenvalue weighted by atomic mass is 9.94. The summed E-state index contributed by atoms with van der Waals surface area (Å²) in [7, 11) is 0. The quantitative estimate of drug-likeness (QED) is 0.169. The zero-order valence-electron chi connectivity index (χ0n) is 32.4. The molecule has 0 saturated heterocycles. The molecule has 4 heterocycles. The Labute approximate surface area is 346 Å². The fraction of sp³-hybridized carbons (Fsp3) is 0. The van der Waals surface area contributed by atoms with E-state index in [1.807, 2.05) is 36.7 Å².